The highest BCUT2D eigenvalue weighted by Gasteiger charge is 2.74. The van der Waals surface area contributed by atoms with Gasteiger partial charge in [0.2, 0.25) is 0 Å². The van der Waals surface area contributed by atoms with Gasteiger partial charge in [0.25, 0.3) is 0 Å². The number of carbonyl (C=O) groups is 3. The largest absolute Gasteiger partial charge is 0.455 e. The molecule has 0 aliphatic heterocycles. The van der Waals surface area contributed by atoms with Gasteiger partial charge in [-0.25, -0.2) is 9.59 Å². The van der Waals surface area contributed by atoms with Crippen LogP contribution < -0.4 is 0 Å². The molecule has 0 radical (unpaired) electrons. The second-order valence-electron chi connectivity index (χ2n) is 10.0. The number of hydrogen-bond donors (Lipinski definition) is 0. The number of fused-ring (bicyclic) bond motifs is 3. The van der Waals surface area contributed by atoms with Crippen molar-refractivity contribution in [2.75, 3.05) is 0 Å². The maximum atomic E-state index is 13.1. The second kappa shape index (κ2) is 7.51. The van der Waals surface area contributed by atoms with Crippen molar-refractivity contribution < 1.29 is 23.9 Å². The Labute approximate surface area is 179 Å². The summed E-state index contributed by atoms with van der Waals surface area (Å²) in [5, 5.41) is 0. The molecule has 4 bridgehead atoms. The monoisotopic (exact) mass is 414 g/mol. The smallest absolute Gasteiger partial charge is 0.333 e. The van der Waals surface area contributed by atoms with Crippen LogP contribution >= 0.6 is 0 Å². The normalized spacial score (nSPS) is 37.5. The minimum Gasteiger partial charge on any atom is -0.455 e. The van der Waals surface area contributed by atoms with Gasteiger partial charge in [0.1, 0.15) is 12.2 Å². The van der Waals surface area contributed by atoms with Gasteiger partial charge in [0.05, 0.1) is 0 Å². The summed E-state index contributed by atoms with van der Waals surface area (Å²) in [6.45, 7) is 15.3. The molecular weight excluding hydrogens is 380 g/mol. The van der Waals surface area contributed by atoms with Crippen LogP contribution in [-0.2, 0) is 23.9 Å². The minimum absolute atomic E-state index is 0.0935. The van der Waals surface area contributed by atoms with Gasteiger partial charge in [-0.15, -0.1) is 0 Å². The molecule has 5 nitrogen and oxygen atoms in total. The third-order valence-electron chi connectivity index (χ3n) is 7.81. The fourth-order valence-corrected chi connectivity index (χ4v) is 6.10. The number of carbonyl (C=O) groups excluding carboxylic acids is 3. The van der Waals surface area contributed by atoms with Gasteiger partial charge in [0, 0.05) is 22.5 Å². The van der Waals surface area contributed by atoms with E-state index in [1.54, 1.807) is 45.9 Å². The summed E-state index contributed by atoms with van der Waals surface area (Å²) in [5.41, 5.74) is 1.20. The summed E-state index contributed by atoms with van der Waals surface area (Å²) in [4.78, 5) is 38.5. The first-order valence-electron chi connectivity index (χ1n) is 10.8. The maximum absolute atomic E-state index is 13.1. The molecule has 0 aromatic heterocycles. The molecule has 3 saturated carbocycles. The van der Waals surface area contributed by atoms with Crippen LogP contribution in [0.15, 0.2) is 34.9 Å². The Bertz CT molecular complexity index is 874. The highest BCUT2D eigenvalue weighted by molar-refractivity contribution is 5.97. The standard InChI is InChI=1S/C25H34O5/c1-9-13(3)22(27)29-17-12-24(6,7)20-18-15(5)11-16(26)19(20)25(18,8)21(17)30-23(28)14(4)10-2/h9-11,17-21H,12H2,1-8H3. The van der Waals surface area contributed by atoms with E-state index in [9.17, 15) is 14.4 Å². The second-order valence-corrected chi connectivity index (χ2v) is 10.0. The van der Waals surface area contributed by atoms with Crippen LogP contribution in [0.5, 0.6) is 0 Å². The van der Waals surface area contributed by atoms with Crippen LogP contribution in [-0.4, -0.2) is 29.9 Å². The van der Waals surface area contributed by atoms with E-state index in [0.29, 0.717) is 17.6 Å². The van der Waals surface area contributed by atoms with E-state index >= 15 is 0 Å². The van der Waals surface area contributed by atoms with Crippen molar-refractivity contribution in [2.24, 2.45) is 28.6 Å². The lowest BCUT2D eigenvalue weighted by Gasteiger charge is -2.65. The molecular formula is C25H34O5. The summed E-state index contributed by atoms with van der Waals surface area (Å²) >= 11 is 0. The number of allylic oxidation sites excluding steroid dienone is 4. The van der Waals surface area contributed by atoms with Gasteiger partial charge >= 0.3 is 11.9 Å². The molecule has 0 heterocycles. The van der Waals surface area contributed by atoms with E-state index in [1.807, 2.05) is 13.8 Å². The average molecular weight is 415 g/mol. The number of rotatable bonds is 4. The average Bonchev–Trinajstić information content (AvgIpc) is 2.78. The van der Waals surface area contributed by atoms with Crippen LogP contribution in [0.1, 0.15) is 61.8 Å². The number of hydrogen-bond acceptors (Lipinski definition) is 5. The zero-order valence-electron chi connectivity index (χ0n) is 19.4. The van der Waals surface area contributed by atoms with Crippen molar-refractivity contribution in [3.63, 3.8) is 0 Å². The van der Waals surface area contributed by atoms with Gasteiger partial charge in [-0.1, -0.05) is 38.5 Å². The van der Waals surface area contributed by atoms with Crippen LogP contribution in [0.3, 0.4) is 0 Å². The summed E-state index contributed by atoms with van der Waals surface area (Å²) in [7, 11) is 0. The van der Waals surface area contributed by atoms with Crippen molar-refractivity contribution in [1.82, 2.24) is 0 Å². The molecule has 4 rings (SSSR count). The molecule has 5 heteroatoms. The first kappa shape index (κ1) is 22.5. The van der Waals surface area contributed by atoms with Crippen LogP contribution in [0, 0.1) is 28.6 Å². The predicted molar refractivity (Wildman–Crippen MR) is 114 cm³/mol. The Hall–Kier alpha value is -2.17. The zero-order valence-corrected chi connectivity index (χ0v) is 19.4. The molecule has 0 spiro atoms. The summed E-state index contributed by atoms with van der Waals surface area (Å²) in [5.74, 6) is -0.718. The molecule has 164 valence electrons. The van der Waals surface area contributed by atoms with Gasteiger partial charge in [-0.05, 0) is 64.4 Å². The highest BCUT2D eigenvalue weighted by atomic mass is 16.6. The Kier molecular flexibility index (Phi) is 5.63. The quantitative estimate of drug-likeness (QED) is 0.498. The first-order chi connectivity index (χ1) is 13.9. The fraction of sp³-hybridized carbons (Fsp3) is 0.640. The molecule has 4 aliphatic carbocycles. The van der Waals surface area contributed by atoms with E-state index in [-0.39, 0.29) is 29.0 Å². The molecule has 3 fully saturated rings. The molecule has 0 aromatic carbocycles. The van der Waals surface area contributed by atoms with E-state index in [2.05, 4.69) is 13.8 Å². The molecule has 4 aliphatic rings. The number of esters is 2. The van der Waals surface area contributed by atoms with Crippen molar-refractivity contribution >= 4 is 17.7 Å². The molecule has 6 unspecified atom stereocenters. The molecule has 6 atom stereocenters. The van der Waals surface area contributed by atoms with Crippen LogP contribution in [0.4, 0.5) is 0 Å². The number of ketones is 1. The third-order valence-corrected chi connectivity index (χ3v) is 7.81. The SMILES string of the molecule is CC=C(C)C(=O)OC1CC(C)(C)C2C3C(=O)C=C(C)C2C3(C)C1OC(=O)C(C)=CC. The Morgan fingerprint density at radius 1 is 1.00 bits per heavy atom. The van der Waals surface area contributed by atoms with Crippen molar-refractivity contribution in [3.05, 3.63) is 34.9 Å². The number of ether oxygens (including phenoxy) is 2. The third kappa shape index (κ3) is 3.17. The zero-order chi connectivity index (χ0) is 22.6. The van der Waals surface area contributed by atoms with Crippen molar-refractivity contribution in [3.8, 4) is 0 Å². The van der Waals surface area contributed by atoms with E-state index in [4.69, 9.17) is 9.47 Å². The lowest BCUT2D eigenvalue weighted by Crippen LogP contribution is -2.68. The summed E-state index contributed by atoms with van der Waals surface area (Å²) in [6.07, 6.45) is 4.40. The van der Waals surface area contributed by atoms with E-state index in [1.165, 1.54) is 0 Å². The minimum atomic E-state index is -0.686. The fourth-order valence-electron chi connectivity index (χ4n) is 6.10. The van der Waals surface area contributed by atoms with Gasteiger partial charge in [-0.2, -0.15) is 0 Å². The lowest BCUT2D eigenvalue weighted by atomic mass is 9.37. The molecule has 0 N–H and O–H groups in total. The maximum Gasteiger partial charge on any atom is 0.333 e. The lowest BCUT2D eigenvalue weighted by molar-refractivity contribution is -0.212. The summed E-state index contributed by atoms with van der Waals surface area (Å²) in [6, 6.07) is 0. The van der Waals surface area contributed by atoms with E-state index < -0.39 is 29.6 Å². The topological polar surface area (TPSA) is 69.7 Å². The highest BCUT2D eigenvalue weighted by Crippen LogP contribution is 2.72. The van der Waals surface area contributed by atoms with E-state index in [0.717, 1.165) is 5.57 Å². The summed E-state index contributed by atoms with van der Waals surface area (Å²) < 4.78 is 12.0. The van der Waals surface area contributed by atoms with Crippen LogP contribution in [0.2, 0.25) is 0 Å². The molecule has 0 aromatic rings. The van der Waals surface area contributed by atoms with Crippen molar-refractivity contribution in [1.29, 1.82) is 0 Å². The van der Waals surface area contributed by atoms with Gasteiger partial charge < -0.3 is 9.47 Å². The Morgan fingerprint density at radius 2 is 1.53 bits per heavy atom. The molecule has 30 heavy (non-hydrogen) atoms. The van der Waals surface area contributed by atoms with Gasteiger partial charge in [0.15, 0.2) is 5.78 Å². The molecule has 0 saturated heterocycles. The Morgan fingerprint density at radius 3 is 2.03 bits per heavy atom. The Balaban J connectivity index is 2.10. The van der Waals surface area contributed by atoms with Crippen LogP contribution in [0.25, 0.3) is 0 Å². The van der Waals surface area contributed by atoms with Crippen molar-refractivity contribution in [2.45, 2.75) is 74.0 Å². The van der Waals surface area contributed by atoms with Gasteiger partial charge in [-0.3, -0.25) is 4.79 Å². The first-order valence-corrected chi connectivity index (χ1v) is 10.8. The predicted octanol–water partition coefficient (Wildman–Crippen LogP) is 4.57. The molecule has 0 amide bonds.